The molecule has 1 aromatic carbocycles. The molecule has 0 aliphatic rings. The van der Waals surface area contributed by atoms with Gasteiger partial charge in [-0.05, 0) is 0 Å². The summed E-state index contributed by atoms with van der Waals surface area (Å²) in [5, 5.41) is 0. The minimum atomic E-state index is -3.23. The van der Waals surface area contributed by atoms with Crippen LogP contribution in [-0.4, -0.2) is 31.1 Å². The van der Waals surface area contributed by atoms with Crippen molar-refractivity contribution in [1.82, 2.24) is 0 Å². The molecule has 0 saturated carbocycles. The summed E-state index contributed by atoms with van der Waals surface area (Å²) in [6.07, 6.45) is 4.48. The van der Waals surface area contributed by atoms with Crippen molar-refractivity contribution >= 4 is 13.7 Å². The molecule has 0 aliphatic carbocycles. The first-order valence-electron chi connectivity index (χ1n) is 6.98. The predicted octanol–water partition coefficient (Wildman–Crippen LogP) is 3.14. The van der Waals surface area contributed by atoms with Crippen LogP contribution in [0.15, 0.2) is 30.3 Å². The molecule has 0 saturated heterocycles. The summed E-state index contributed by atoms with van der Waals surface area (Å²) in [7, 11) is -0.475. The summed E-state index contributed by atoms with van der Waals surface area (Å²) in [6.45, 7) is 0. The molecule has 0 aliphatic heterocycles. The average molecular weight is 300 g/mol. The van der Waals surface area contributed by atoms with Crippen LogP contribution in [0.5, 0.6) is 0 Å². The summed E-state index contributed by atoms with van der Waals surface area (Å²) in [5.74, 6) is 0.0163. The second kappa shape index (κ2) is 9.19. The monoisotopic (exact) mass is 300 g/mol. The van der Waals surface area contributed by atoms with Crippen molar-refractivity contribution in [1.29, 1.82) is 0 Å². The third kappa shape index (κ3) is 6.58. The normalized spacial score (nSPS) is 12.3. The van der Waals surface area contributed by atoms with Gasteiger partial charge in [-0.2, -0.15) is 0 Å². The Labute approximate surface area is 121 Å². The number of rotatable bonds is 10. The molecule has 0 bridgehead atoms. The zero-order valence-corrected chi connectivity index (χ0v) is 13.3. The van der Waals surface area contributed by atoms with Crippen LogP contribution in [0.4, 0.5) is 0 Å². The zero-order chi connectivity index (χ0) is 14.8. The number of aryl methyl sites for hydroxylation is 1. The quantitative estimate of drug-likeness (QED) is 0.533. The van der Waals surface area contributed by atoms with Crippen molar-refractivity contribution in [3.8, 4) is 0 Å². The van der Waals surface area contributed by atoms with Gasteiger partial charge >= 0.3 is 121 Å². The van der Waals surface area contributed by atoms with Gasteiger partial charge in [0, 0.05) is 0 Å². The first-order chi connectivity index (χ1) is 9.59. The van der Waals surface area contributed by atoms with Crippen LogP contribution in [0.2, 0.25) is 0 Å². The van der Waals surface area contributed by atoms with Crippen molar-refractivity contribution in [2.75, 3.05) is 20.4 Å². The molecule has 0 amide bonds. The van der Waals surface area contributed by atoms with E-state index in [4.69, 9.17) is 9.05 Å². The number of carbonyl (C=O) groups excluding carboxylic acids is 1. The summed E-state index contributed by atoms with van der Waals surface area (Å²) in [6, 6.07) is 10.3. The van der Waals surface area contributed by atoms with E-state index in [0.717, 1.165) is 25.7 Å². The van der Waals surface area contributed by atoms with E-state index in [2.05, 4.69) is 12.1 Å². The van der Waals surface area contributed by atoms with Crippen LogP contribution >= 0.6 is 7.94 Å². The van der Waals surface area contributed by atoms with Crippen LogP contribution in [0.25, 0.3) is 0 Å². The van der Waals surface area contributed by atoms with Crippen molar-refractivity contribution < 1.29 is 18.7 Å². The minimum absolute atomic E-state index is 0.0126. The van der Waals surface area contributed by atoms with E-state index in [-0.39, 0.29) is 11.9 Å². The van der Waals surface area contributed by atoms with Crippen molar-refractivity contribution in [2.24, 2.45) is 0 Å². The number of carbonyl (C=O) groups is 1. The van der Waals surface area contributed by atoms with Gasteiger partial charge in [-0.1, -0.05) is 0 Å². The Hall–Kier alpha value is -0.800. The molecule has 1 aromatic rings. The average Bonchev–Trinajstić information content (AvgIpc) is 2.48. The molecule has 0 heterocycles. The number of Topliss-reactive ketones (excluding diaryl/α,β-unsaturated/α-hetero) is 1. The molecule has 5 heteroatoms. The van der Waals surface area contributed by atoms with Crippen LogP contribution in [-0.2, 0) is 20.3 Å². The standard InChI is InChI=1S/C15H25O4P/c1-18-20(17,19-2)13-15(16)12-8-4-7-11-14-9-5-3-6-10-14/h3,5-6,9-10,17,20H,4,7-8,11-13H2,1-2H3. The second-order valence-electron chi connectivity index (χ2n) is 4.88. The van der Waals surface area contributed by atoms with Crippen LogP contribution in [0.1, 0.15) is 31.2 Å². The van der Waals surface area contributed by atoms with Crippen molar-refractivity contribution in [3.63, 3.8) is 0 Å². The summed E-state index contributed by atoms with van der Waals surface area (Å²) >= 11 is 0. The van der Waals surface area contributed by atoms with Gasteiger partial charge in [0.05, 0.1) is 0 Å². The van der Waals surface area contributed by atoms with E-state index in [9.17, 15) is 9.69 Å². The maximum atomic E-state index is 11.7. The fourth-order valence-electron chi connectivity index (χ4n) is 2.04. The second-order valence-corrected chi connectivity index (χ2v) is 7.48. The van der Waals surface area contributed by atoms with Gasteiger partial charge in [0.1, 0.15) is 0 Å². The molecule has 1 N–H and O–H groups in total. The van der Waals surface area contributed by atoms with Gasteiger partial charge in [0.2, 0.25) is 0 Å². The van der Waals surface area contributed by atoms with Crippen molar-refractivity contribution in [3.05, 3.63) is 35.9 Å². The number of ketones is 1. The molecule has 0 unspecified atom stereocenters. The van der Waals surface area contributed by atoms with E-state index >= 15 is 0 Å². The molecule has 0 radical (unpaired) electrons. The third-order valence-electron chi connectivity index (χ3n) is 3.32. The number of unbranched alkanes of at least 4 members (excludes halogenated alkanes) is 2. The van der Waals surface area contributed by atoms with Gasteiger partial charge in [0.25, 0.3) is 0 Å². The van der Waals surface area contributed by atoms with E-state index in [1.54, 1.807) is 0 Å². The molecular formula is C15H25O4P. The van der Waals surface area contributed by atoms with Gasteiger partial charge < -0.3 is 0 Å². The summed E-state index contributed by atoms with van der Waals surface area (Å²) in [5.41, 5.74) is 1.33. The maximum absolute atomic E-state index is 11.7. The number of hydrogen-bond acceptors (Lipinski definition) is 4. The molecule has 0 atom stereocenters. The molecule has 0 spiro atoms. The first-order valence-corrected chi connectivity index (χ1v) is 8.95. The molecular weight excluding hydrogens is 275 g/mol. The zero-order valence-electron chi connectivity index (χ0n) is 12.3. The van der Waals surface area contributed by atoms with Crippen LogP contribution in [0, 0.1) is 0 Å². The van der Waals surface area contributed by atoms with Gasteiger partial charge in [-0.15, -0.1) is 0 Å². The molecule has 20 heavy (non-hydrogen) atoms. The Balaban J connectivity index is 2.13. The van der Waals surface area contributed by atoms with Gasteiger partial charge in [0.15, 0.2) is 0 Å². The fourth-order valence-corrected chi connectivity index (χ4v) is 3.17. The Kier molecular flexibility index (Phi) is 7.93. The SMILES string of the molecule is CO[PH](O)(CC(=O)CCCCCc1ccccc1)OC. The van der Waals surface area contributed by atoms with E-state index in [0.29, 0.717) is 6.42 Å². The number of hydrogen-bond donors (Lipinski definition) is 1. The Morgan fingerprint density at radius 3 is 2.35 bits per heavy atom. The summed E-state index contributed by atoms with van der Waals surface area (Å²) < 4.78 is 9.79. The molecule has 0 aromatic heterocycles. The van der Waals surface area contributed by atoms with Gasteiger partial charge in [-0.3, -0.25) is 0 Å². The predicted molar refractivity (Wildman–Crippen MR) is 83.0 cm³/mol. The Bertz CT molecular complexity index is 390. The molecule has 0 fully saturated rings. The fraction of sp³-hybridized carbons (Fsp3) is 0.533. The Morgan fingerprint density at radius 1 is 1.10 bits per heavy atom. The third-order valence-corrected chi connectivity index (χ3v) is 5.44. The summed E-state index contributed by atoms with van der Waals surface area (Å²) in [4.78, 5) is 21.5. The van der Waals surface area contributed by atoms with E-state index in [1.807, 2.05) is 18.2 Å². The molecule has 114 valence electrons. The Morgan fingerprint density at radius 2 is 1.75 bits per heavy atom. The van der Waals surface area contributed by atoms with Crippen molar-refractivity contribution in [2.45, 2.75) is 32.1 Å². The van der Waals surface area contributed by atoms with Gasteiger partial charge in [-0.25, -0.2) is 0 Å². The topological polar surface area (TPSA) is 55.8 Å². The van der Waals surface area contributed by atoms with Crippen LogP contribution < -0.4 is 0 Å². The molecule has 4 nitrogen and oxygen atoms in total. The molecule has 1 rings (SSSR count). The first kappa shape index (κ1) is 17.3. The van der Waals surface area contributed by atoms with Crippen LogP contribution in [0.3, 0.4) is 0 Å². The van der Waals surface area contributed by atoms with E-state index in [1.165, 1.54) is 19.8 Å². The van der Waals surface area contributed by atoms with E-state index < -0.39 is 7.94 Å². The number of benzene rings is 1.